The first-order chi connectivity index (χ1) is 10.3. The minimum absolute atomic E-state index is 0.0300. The van der Waals surface area contributed by atoms with E-state index in [4.69, 9.17) is 4.74 Å². The molecule has 108 valence electrons. The van der Waals surface area contributed by atoms with E-state index in [0.717, 1.165) is 39.8 Å². The molecule has 0 aliphatic carbocycles. The van der Waals surface area contributed by atoms with Gasteiger partial charge < -0.3 is 9.64 Å². The zero-order valence-electron chi connectivity index (χ0n) is 11.5. The van der Waals surface area contributed by atoms with Gasteiger partial charge in [0.15, 0.2) is 0 Å². The Labute approximate surface area is 130 Å². The summed E-state index contributed by atoms with van der Waals surface area (Å²) in [6, 6.07) is 2.04. The second kappa shape index (κ2) is 5.32. The predicted molar refractivity (Wildman–Crippen MR) is 85.2 cm³/mol. The summed E-state index contributed by atoms with van der Waals surface area (Å²) in [6.45, 7) is 4.35. The molecule has 0 saturated carbocycles. The number of rotatable bonds is 2. The van der Waals surface area contributed by atoms with Gasteiger partial charge in [-0.05, 0) is 18.4 Å². The van der Waals surface area contributed by atoms with Crippen molar-refractivity contribution in [3.8, 4) is 0 Å². The van der Waals surface area contributed by atoms with Gasteiger partial charge >= 0.3 is 0 Å². The van der Waals surface area contributed by atoms with Crippen molar-refractivity contribution in [2.45, 2.75) is 13.0 Å². The number of nitrogens with zero attached hydrogens (tertiary/aromatic N) is 4. The molecule has 0 radical (unpaired) electrons. The summed E-state index contributed by atoms with van der Waals surface area (Å²) >= 11 is 3.35. The number of hydrogen-bond acceptors (Lipinski definition) is 7. The zero-order chi connectivity index (χ0) is 14.2. The Hall–Kier alpha value is -1.57. The average Bonchev–Trinajstić information content (AvgIpc) is 3.15. The van der Waals surface area contributed by atoms with E-state index in [1.807, 2.05) is 13.0 Å². The van der Waals surface area contributed by atoms with Gasteiger partial charge in [0.25, 0.3) is 0 Å². The lowest BCUT2D eigenvalue weighted by molar-refractivity contribution is 0.0394. The number of thiazole rings is 1. The van der Waals surface area contributed by atoms with Crippen molar-refractivity contribution in [1.82, 2.24) is 15.0 Å². The number of aryl methyl sites for hydroxylation is 1. The van der Waals surface area contributed by atoms with Crippen LogP contribution in [0, 0.1) is 6.92 Å². The number of thiophene rings is 1. The maximum Gasteiger partial charge on any atom is 0.150 e. The third kappa shape index (κ3) is 2.41. The molecule has 7 heteroatoms. The summed E-state index contributed by atoms with van der Waals surface area (Å²) in [4.78, 5) is 15.6. The largest absolute Gasteiger partial charge is 0.367 e. The van der Waals surface area contributed by atoms with E-state index >= 15 is 0 Å². The summed E-state index contributed by atoms with van der Waals surface area (Å²) in [7, 11) is 0. The van der Waals surface area contributed by atoms with E-state index in [2.05, 4.69) is 30.6 Å². The Kier molecular flexibility index (Phi) is 3.33. The van der Waals surface area contributed by atoms with E-state index < -0.39 is 0 Å². The van der Waals surface area contributed by atoms with Crippen LogP contribution in [-0.4, -0.2) is 34.6 Å². The first-order valence-electron chi connectivity index (χ1n) is 6.78. The third-order valence-corrected chi connectivity index (χ3v) is 5.46. The fourth-order valence-corrected chi connectivity index (χ4v) is 4.21. The summed E-state index contributed by atoms with van der Waals surface area (Å²) < 4.78 is 7.04. The molecule has 4 heterocycles. The second-order valence-corrected chi connectivity index (χ2v) is 6.77. The number of morpholine rings is 1. The number of anilines is 1. The second-order valence-electron chi connectivity index (χ2n) is 4.96. The van der Waals surface area contributed by atoms with Crippen LogP contribution in [0.3, 0.4) is 0 Å². The van der Waals surface area contributed by atoms with Crippen LogP contribution in [0.2, 0.25) is 0 Å². The lowest BCUT2D eigenvalue weighted by Crippen LogP contribution is -2.38. The van der Waals surface area contributed by atoms with Gasteiger partial charge in [-0.25, -0.2) is 15.0 Å². The fourth-order valence-electron chi connectivity index (χ4n) is 2.51. The molecule has 1 atom stereocenters. The highest BCUT2D eigenvalue weighted by Crippen LogP contribution is 2.32. The lowest BCUT2D eigenvalue weighted by Gasteiger charge is -2.32. The van der Waals surface area contributed by atoms with Gasteiger partial charge in [0, 0.05) is 17.6 Å². The smallest absolute Gasteiger partial charge is 0.150 e. The van der Waals surface area contributed by atoms with Crippen LogP contribution < -0.4 is 4.90 Å². The Bertz CT molecular complexity index is 769. The first-order valence-corrected chi connectivity index (χ1v) is 8.54. The Morgan fingerprint density at radius 2 is 2.29 bits per heavy atom. The molecule has 3 aromatic heterocycles. The van der Waals surface area contributed by atoms with Crippen LogP contribution >= 0.6 is 22.7 Å². The van der Waals surface area contributed by atoms with Gasteiger partial charge in [-0.3, -0.25) is 0 Å². The van der Waals surface area contributed by atoms with Gasteiger partial charge in [0.1, 0.15) is 23.3 Å². The van der Waals surface area contributed by atoms with Crippen LogP contribution in [0.4, 0.5) is 5.82 Å². The Balaban J connectivity index is 1.65. The molecule has 21 heavy (non-hydrogen) atoms. The van der Waals surface area contributed by atoms with Crippen LogP contribution in [0.15, 0.2) is 23.2 Å². The van der Waals surface area contributed by atoms with Crippen molar-refractivity contribution in [2.75, 3.05) is 24.6 Å². The molecule has 1 fully saturated rings. The topological polar surface area (TPSA) is 51.1 Å². The number of ether oxygens (including phenoxy) is 1. The summed E-state index contributed by atoms with van der Waals surface area (Å²) in [5.41, 5.74) is 2.07. The monoisotopic (exact) mass is 318 g/mol. The summed E-state index contributed by atoms with van der Waals surface area (Å²) in [6.07, 6.45) is 1.67. The van der Waals surface area contributed by atoms with Gasteiger partial charge in [-0.15, -0.1) is 22.7 Å². The summed E-state index contributed by atoms with van der Waals surface area (Å²) in [5.74, 6) is 1.01. The van der Waals surface area contributed by atoms with E-state index in [9.17, 15) is 0 Å². The molecule has 1 aliphatic heterocycles. The quantitative estimate of drug-likeness (QED) is 0.727. The average molecular weight is 318 g/mol. The number of aromatic nitrogens is 3. The molecule has 0 spiro atoms. The van der Waals surface area contributed by atoms with Crippen molar-refractivity contribution in [3.05, 3.63) is 33.9 Å². The normalized spacial score (nSPS) is 19.3. The molecular weight excluding hydrogens is 304 g/mol. The lowest BCUT2D eigenvalue weighted by atomic mass is 10.2. The molecule has 1 unspecified atom stereocenters. The van der Waals surface area contributed by atoms with Crippen molar-refractivity contribution in [1.29, 1.82) is 0 Å². The highest BCUT2D eigenvalue weighted by Gasteiger charge is 2.26. The molecule has 5 nitrogen and oxygen atoms in total. The van der Waals surface area contributed by atoms with Crippen LogP contribution in [0.25, 0.3) is 10.2 Å². The van der Waals surface area contributed by atoms with Crippen molar-refractivity contribution < 1.29 is 4.74 Å². The van der Waals surface area contributed by atoms with Crippen molar-refractivity contribution in [3.63, 3.8) is 0 Å². The SMILES string of the molecule is Cc1csc(C2CN(c3ncnc4ccsc34)CCO2)n1. The zero-order valence-corrected chi connectivity index (χ0v) is 13.2. The van der Waals surface area contributed by atoms with Gasteiger partial charge in [-0.1, -0.05) is 0 Å². The molecule has 4 rings (SSSR count). The Morgan fingerprint density at radius 1 is 1.33 bits per heavy atom. The number of fused-ring (bicyclic) bond motifs is 1. The van der Waals surface area contributed by atoms with Crippen molar-refractivity contribution >= 4 is 38.7 Å². The van der Waals surface area contributed by atoms with Gasteiger partial charge in [0.2, 0.25) is 0 Å². The maximum absolute atomic E-state index is 5.89. The fraction of sp³-hybridized carbons (Fsp3) is 0.357. The van der Waals surface area contributed by atoms with Gasteiger partial charge in [0.05, 0.1) is 23.4 Å². The van der Waals surface area contributed by atoms with Crippen LogP contribution in [0.1, 0.15) is 16.8 Å². The minimum atomic E-state index is 0.0300. The Morgan fingerprint density at radius 3 is 3.14 bits per heavy atom. The van der Waals surface area contributed by atoms with E-state index in [-0.39, 0.29) is 6.10 Å². The van der Waals surface area contributed by atoms with Crippen LogP contribution in [-0.2, 0) is 4.74 Å². The first kappa shape index (κ1) is 13.1. The molecule has 0 bridgehead atoms. The highest BCUT2D eigenvalue weighted by atomic mass is 32.1. The molecule has 1 aliphatic rings. The van der Waals surface area contributed by atoms with E-state index in [0.29, 0.717) is 6.61 Å². The van der Waals surface area contributed by atoms with Gasteiger partial charge in [-0.2, -0.15) is 0 Å². The predicted octanol–water partition coefficient (Wildman–Crippen LogP) is 3.03. The molecule has 0 N–H and O–H groups in total. The number of hydrogen-bond donors (Lipinski definition) is 0. The molecule has 0 aromatic carbocycles. The maximum atomic E-state index is 5.89. The van der Waals surface area contributed by atoms with E-state index in [1.54, 1.807) is 29.0 Å². The highest BCUT2D eigenvalue weighted by molar-refractivity contribution is 7.17. The van der Waals surface area contributed by atoms with Crippen LogP contribution in [0.5, 0.6) is 0 Å². The molecule has 3 aromatic rings. The molecule has 1 saturated heterocycles. The standard InChI is InChI=1S/C14H14N4OS2/c1-9-7-21-14(17-9)11-6-18(3-4-19-11)13-12-10(2-5-20-12)15-8-16-13/h2,5,7-8,11H,3-4,6H2,1H3. The van der Waals surface area contributed by atoms with Crippen molar-refractivity contribution in [2.24, 2.45) is 0 Å². The minimum Gasteiger partial charge on any atom is -0.367 e. The molecule has 0 amide bonds. The third-order valence-electron chi connectivity index (χ3n) is 3.50. The summed E-state index contributed by atoms with van der Waals surface area (Å²) in [5, 5.41) is 5.18. The van der Waals surface area contributed by atoms with E-state index in [1.165, 1.54) is 0 Å². The molecular formula is C14H14N4OS2.